The maximum atomic E-state index is 12.3. The van der Waals surface area contributed by atoms with Crippen LogP contribution in [0.3, 0.4) is 0 Å². The number of hydrogen-bond acceptors (Lipinski definition) is 5. The third kappa shape index (κ3) is 3.31. The fraction of sp³-hybridized carbons (Fsp3) is 0.467. The summed E-state index contributed by atoms with van der Waals surface area (Å²) < 4.78 is 28.4. The molecule has 2 aliphatic rings. The summed E-state index contributed by atoms with van der Waals surface area (Å²) in [5, 5.41) is 2.70. The van der Waals surface area contributed by atoms with Gasteiger partial charge in [0, 0.05) is 6.04 Å². The molecule has 1 aromatic rings. The zero-order chi connectivity index (χ0) is 16.6. The molecule has 0 saturated carbocycles. The second kappa shape index (κ2) is 5.84. The van der Waals surface area contributed by atoms with Crippen molar-refractivity contribution in [3.63, 3.8) is 0 Å². The molecule has 0 radical (unpaired) electrons. The van der Waals surface area contributed by atoms with Crippen LogP contribution in [0, 0.1) is 0 Å². The van der Waals surface area contributed by atoms with E-state index in [4.69, 9.17) is 4.74 Å². The summed E-state index contributed by atoms with van der Waals surface area (Å²) in [4.78, 5) is 25.9. The van der Waals surface area contributed by atoms with Crippen molar-refractivity contribution >= 4 is 27.3 Å². The van der Waals surface area contributed by atoms with Gasteiger partial charge < -0.3 is 10.1 Å². The van der Waals surface area contributed by atoms with Gasteiger partial charge in [0.2, 0.25) is 5.91 Å². The fourth-order valence-electron chi connectivity index (χ4n) is 2.85. The zero-order valence-electron chi connectivity index (χ0n) is 12.7. The molecule has 3 rings (SSSR count). The Balaban J connectivity index is 1.71. The third-order valence-electron chi connectivity index (χ3n) is 3.97. The number of anilines is 1. The van der Waals surface area contributed by atoms with Crippen molar-refractivity contribution in [2.45, 2.75) is 25.5 Å². The highest BCUT2D eigenvalue weighted by Gasteiger charge is 2.34. The molecule has 0 aliphatic carbocycles. The third-order valence-corrected chi connectivity index (χ3v) is 5.74. The van der Waals surface area contributed by atoms with Gasteiger partial charge in [-0.2, -0.15) is 0 Å². The minimum Gasteiger partial charge on any atom is -0.479 e. The highest BCUT2D eigenvalue weighted by molar-refractivity contribution is 7.91. The van der Waals surface area contributed by atoms with Crippen molar-refractivity contribution in [1.29, 1.82) is 0 Å². The molecule has 1 N–H and O–H groups in total. The van der Waals surface area contributed by atoms with Gasteiger partial charge in [0.1, 0.15) is 12.3 Å². The minimum absolute atomic E-state index is 0.0389. The van der Waals surface area contributed by atoms with Crippen LogP contribution >= 0.6 is 0 Å². The Labute approximate surface area is 134 Å². The summed E-state index contributed by atoms with van der Waals surface area (Å²) in [5.41, 5.74) is 0.546. The Morgan fingerprint density at radius 1 is 1.39 bits per heavy atom. The van der Waals surface area contributed by atoms with Gasteiger partial charge in [0.15, 0.2) is 15.9 Å². The van der Waals surface area contributed by atoms with E-state index >= 15 is 0 Å². The van der Waals surface area contributed by atoms with Crippen LogP contribution in [0.2, 0.25) is 0 Å². The molecule has 2 atom stereocenters. The van der Waals surface area contributed by atoms with E-state index in [1.54, 1.807) is 31.2 Å². The second-order valence-electron chi connectivity index (χ2n) is 5.82. The van der Waals surface area contributed by atoms with Gasteiger partial charge in [-0.1, -0.05) is 12.1 Å². The maximum absolute atomic E-state index is 12.3. The van der Waals surface area contributed by atoms with E-state index in [9.17, 15) is 18.0 Å². The van der Waals surface area contributed by atoms with E-state index in [2.05, 4.69) is 5.32 Å². The Hall–Kier alpha value is -2.09. The fourth-order valence-corrected chi connectivity index (χ4v) is 4.52. The average Bonchev–Trinajstić information content (AvgIpc) is 2.82. The molecule has 2 aliphatic heterocycles. The van der Waals surface area contributed by atoms with Crippen LogP contribution in [0.5, 0.6) is 5.75 Å². The predicted octanol–water partition coefficient (Wildman–Crippen LogP) is 0.104. The lowest BCUT2D eigenvalue weighted by Crippen LogP contribution is -2.50. The maximum Gasteiger partial charge on any atom is 0.268 e. The van der Waals surface area contributed by atoms with Crippen molar-refractivity contribution < 1.29 is 22.7 Å². The Kier molecular flexibility index (Phi) is 4.01. The SMILES string of the molecule is C[C@@H]1Oc2ccccc2N(CC(=O)N[C@@H]2CCS(=O)(=O)C2)C1=O. The molecule has 0 spiro atoms. The largest absolute Gasteiger partial charge is 0.479 e. The number of fused-ring (bicyclic) bond motifs is 1. The van der Waals surface area contributed by atoms with E-state index in [-0.39, 0.29) is 35.9 Å². The Bertz CT molecular complexity index is 746. The number of para-hydroxylation sites is 2. The molecule has 23 heavy (non-hydrogen) atoms. The van der Waals surface area contributed by atoms with Crippen molar-refractivity contribution in [1.82, 2.24) is 5.32 Å². The molecule has 7 nitrogen and oxygen atoms in total. The topological polar surface area (TPSA) is 92.8 Å². The molecular weight excluding hydrogens is 320 g/mol. The zero-order valence-corrected chi connectivity index (χ0v) is 13.5. The first-order valence-electron chi connectivity index (χ1n) is 7.42. The standard InChI is InChI=1S/C15H18N2O5S/c1-10-15(19)17(12-4-2-3-5-13(12)22-10)8-14(18)16-11-6-7-23(20,21)9-11/h2-5,10-11H,6-9H2,1H3,(H,16,18)/t10-,11+/m0/s1. The summed E-state index contributed by atoms with van der Waals surface area (Å²) in [5.74, 6) is -0.0602. The summed E-state index contributed by atoms with van der Waals surface area (Å²) in [6.07, 6.45) is -0.248. The number of rotatable bonds is 3. The summed E-state index contributed by atoms with van der Waals surface area (Å²) in [7, 11) is -3.06. The van der Waals surface area contributed by atoms with E-state index < -0.39 is 15.9 Å². The summed E-state index contributed by atoms with van der Waals surface area (Å²) in [6, 6.07) is 6.64. The van der Waals surface area contributed by atoms with Gasteiger partial charge in [-0.25, -0.2) is 8.42 Å². The van der Waals surface area contributed by atoms with Crippen molar-refractivity contribution in [2.75, 3.05) is 23.0 Å². The molecule has 0 bridgehead atoms. The first kappa shape index (κ1) is 15.8. The van der Waals surface area contributed by atoms with Gasteiger partial charge in [-0.05, 0) is 25.5 Å². The number of carbonyl (C=O) groups is 2. The molecule has 1 fully saturated rings. The highest BCUT2D eigenvalue weighted by Crippen LogP contribution is 2.33. The number of nitrogens with zero attached hydrogens (tertiary/aromatic N) is 1. The lowest BCUT2D eigenvalue weighted by atomic mass is 10.2. The number of carbonyl (C=O) groups excluding carboxylic acids is 2. The van der Waals surface area contributed by atoms with Gasteiger partial charge in [-0.3, -0.25) is 14.5 Å². The molecule has 2 amide bonds. The molecule has 124 valence electrons. The smallest absolute Gasteiger partial charge is 0.268 e. The van der Waals surface area contributed by atoms with Crippen molar-refractivity contribution in [3.05, 3.63) is 24.3 Å². The van der Waals surface area contributed by atoms with Crippen LogP contribution in [-0.4, -0.2) is 50.4 Å². The van der Waals surface area contributed by atoms with Gasteiger partial charge in [0.25, 0.3) is 5.91 Å². The molecule has 0 unspecified atom stereocenters. The monoisotopic (exact) mass is 338 g/mol. The van der Waals surface area contributed by atoms with Crippen molar-refractivity contribution in [3.8, 4) is 5.75 Å². The van der Waals surface area contributed by atoms with Crippen LogP contribution in [0.4, 0.5) is 5.69 Å². The number of hydrogen-bond donors (Lipinski definition) is 1. The Morgan fingerprint density at radius 2 is 2.13 bits per heavy atom. The van der Waals surface area contributed by atoms with Gasteiger partial charge in [0.05, 0.1) is 17.2 Å². The van der Waals surface area contributed by atoms with Crippen LogP contribution in [0.25, 0.3) is 0 Å². The van der Waals surface area contributed by atoms with Crippen LogP contribution in [0.15, 0.2) is 24.3 Å². The quantitative estimate of drug-likeness (QED) is 0.844. The number of nitrogens with one attached hydrogen (secondary N) is 1. The minimum atomic E-state index is -3.06. The summed E-state index contributed by atoms with van der Waals surface area (Å²) in [6.45, 7) is 1.48. The molecular formula is C15H18N2O5S. The molecule has 8 heteroatoms. The summed E-state index contributed by atoms with van der Waals surface area (Å²) >= 11 is 0. The normalized spacial score (nSPS) is 25.6. The molecule has 1 saturated heterocycles. The molecule has 1 aromatic carbocycles. The van der Waals surface area contributed by atoms with E-state index in [1.807, 2.05) is 0 Å². The lowest BCUT2D eigenvalue weighted by molar-refractivity contribution is -0.128. The van der Waals surface area contributed by atoms with E-state index in [0.29, 0.717) is 17.9 Å². The van der Waals surface area contributed by atoms with E-state index in [0.717, 1.165) is 0 Å². The van der Waals surface area contributed by atoms with Crippen LogP contribution in [-0.2, 0) is 19.4 Å². The Morgan fingerprint density at radius 3 is 2.83 bits per heavy atom. The number of amides is 2. The van der Waals surface area contributed by atoms with Gasteiger partial charge in [-0.15, -0.1) is 0 Å². The number of ether oxygens (including phenoxy) is 1. The first-order chi connectivity index (χ1) is 10.9. The number of benzene rings is 1. The van der Waals surface area contributed by atoms with Crippen LogP contribution < -0.4 is 15.0 Å². The van der Waals surface area contributed by atoms with Crippen molar-refractivity contribution in [2.24, 2.45) is 0 Å². The first-order valence-corrected chi connectivity index (χ1v) is 9.25. The second-order valence-corrected chi connectivity index (χ2v) is 8.05. The van der Waals surface area contributed by atoms with E-state index in [1.165, 1.54) is 4.90 Å². The average molecular weight is 338 g/mol. The number of sulfone groups is 1. The highest BCUT2D eigenvalue weighted by atomic mass is 32.2. The predicted molar refractivity (Wildman–Crippen MR) is 84.1 cm³/mol. The lowest BCUT2D eigenvalue weighted by Gasteiger charge is -2.32. The van der Waals surface area contributed by atoms with Crippen LogP contribution in [0.1, 0.15) is 13.3 Å². The molecule has 2 heterocycles. The van der Waals surface area contributed by atoms with Gasteiger partial charge >= 0.3 is 0 Å². The molecule has 0 aromatic heterocycles.